The smallest absolute Gasteiger partial charge is 0.338 e. The first-order valence-corrected chi connectivity index (χ1v) is 7.28. The van der Waals surface area contributed by atoms with Crippen molar-refractivity contribution in [3.8, 4) is 0 Å². The maximum Gasteiger partial charge on any atom is 0.338 e. The lowest BCUT2D eigenvalue weighted by atomic mass is 10.1. The number of rotatable bonds is 7. The van der Waals surface area contributed by atoms with E-state index in [1.54, 1.807) is 0 Å². The Kier molecular flexibility index (Phi) is 4.67. The largest absolute Gasteiger partial charge is 0.478 e. The van der Waals surface area contributed by atoms with Crippen LogP contribution in [0.2, 0.25) is 5.02 Å². The van der Waals surface area contributed by atoms with Gasteiger partial charge in [-0.2, -0.15) is 0 Å². The van der Waals surface area contributed by atoms with Crippen LogP contribution in [-0.2, 0) is 0 Å². The second-order valence-electron chi connectivity index (χ2n) is 5.28. The first-order chi connectivity index (χ1) is 9.93. The molecule has 0 aromatic heterocycles. The first-order valence-electron chi connectivity index (χ1n) is 6.90. The average molecular weight is 313 g/mol. The number of hydrogen-bond acceptors (Lipinski definition) is 4. The van der Waals surface area contributed by atoms with E-state index in [-0.39, 0.29) is 16.3 Å². The fraction of sp³-hybridized carbons (Fsp3) is 0.500. The Bertz CT molecular complexity index is 572. The number of non-ortho nitro benzene ring substituents is 1. The molecule has 0 amide bonds. The molecule has 21 heavy (non-hydrogen) atoms. The molecule has 0 spiro atoms. The molecule has 0 radical (unpaired) electrons. The molecule has 0 bridgehead atoms. The van der Waals surface area contributed by atoms with Gasteiger partial charge in [0.15, 0.2) is 0 Å². The number of anilines is 1. The monoisotopic (exact) mass is 312 g/mol. The van der Waals surface area contributed by atoms with Crippen LogP contribution in [0.3, 0.4) is 0 Å². The van der Waals surface area contributed by atoms with Crippen molar-refractivity contribution in [3.05, 3.63) is 32.8 Å². The van der Waals surface area contributed by atoms with Crippen molar-refractivity contribution in [2.24, 2.45) is 5.92 Å². The van der Waals surface area contributed by atoms with E-state index in [1.165, 1.54) is 6.07 Å². The molecule has 0 atom stereocenters. The molecule has 114 valence electrons. The number of nitro benzene ring substituents is 1. The number of benzene rings is 1. The highest BCUT2D eigenvalue weighted by atomic mass is 35.5. The third-order valence-corrected chi connectivity index (χ3v) is 3.76. The fourth-order valence-electron chi connectivity index (χ4n) is 2.35. The lowest BCUT2D eigenvalue weighted by molar-refractivity contribution is -0.384. The van der Waals surface area contributed by atoms with Crippen molar-refractivity contribution in [2.45, 2.75) is 26.2 Å². The van der Waals surface area contributed by atoms with Crippen LogP contribution in [0.15, 0.2) is 12.1 Å². The Hall–Kier alpha value is -1.82. The maximum atomic E-state index is 11.5. The van der Waals surface area contributed by atoms with Gasteiger partial charge in [0.25, 0.3) is 5.69 Å². The van der Waals surface area contributed by atoms with Crippen molar-refractivity contribution in [1.29, 1.82) is 0 Å². The molecule has 0 aliphatic heterocycles. The summed E-state index contributed by atoms with van der Waals surface area (Å²) in [7, 11) is 0. The zero-order valence-electron chi connectivity index (χ0n) is 11.7. The van der Waals surface area contributed by atoms with Gasteiger partial charge in [-0.15, -0.1) is 0 Å². The molecule has 6 nitrogen and oxygen atoms in total. The normalized spacial score (nSPS) is 14.0. The molecule has 0 saturated heterocycles. The van der Waals surface area contributed by atoms with E-state index >= 15 is 0 Å². The zero-order chi connectivity index (χ0) is 15.6. The third kappa shape index (κ3) is 3.64. The summed E-state index contributed by atoms with van der Waals surface area (Å²) in [6.45, 7) is 3.42. The molecule has 1 aromatic rings. The van der Waals surface area contributed by atoms with Gasteiger partial charge < -0.3 is 10.0 Å². The lowest BCUT2D eigenvalue weighted by Crippen LogP contribution is -2.28. The standard InChI is InChI=1S/C14H17ClN2O4/c1-2-5-16(8-9-3-4-9)13-11(14(18)19)6-10(17(20)21)7-12(13)15/h6-7,9H,2-5,8H2,1H3,(H,18,19). The topological polar surface area (TPSA) is 83.7 Å². The second-order valence-corrected chi connectivity index (χ2v) is 5.68. The Labute approximate surface area is 127 Å². The molecule has 1 aliphatic carbocycles. The van der Waals surface area contributed by atoms with Crippen molar-refractivity contribution in [3.63, 3.8) is 0 Å². The summed E-state index contributed by atoms with van der Waals surface area (Å²) in [4.78, 5) is 23.6. The summed E-state index contributed by atoms with van der Waals surface area (Å²) < 4.78 is 0. The zero-order valence-corrected chi connectivity index (χ0v) is 12.5. The van der Waals surface area contributed by atoms with E-state index in [9.17, 15) is 20.0 Å². The number of aromatic carboxylic acids is 1. The minimum absolute atomic E-state index is 0.108. The average Bonchev–Trinajstić information content (AvgIpc) is 3.21. The fourth-order valence-corrected chi connectivity index (χ4v) is 2.68. The van der Waals surface area contributed by atoms with E-state index in [4.69, 9.17) is 11.6 Å². The molecule has 1 fully saturated rings. The number of nitro groups is 1. The van der Waals surface area contributed by atoms with E-state index < -0.39 is 10.9 Å². The van der Waals surface area contributed by atoms with Crippen LogP contribution < -0.4 is 4.90 Å². The number of carbonyl (C=O) groups is 1. The summed E-state index contributed by atoms with van der Waals surface area (Å²) in [6.07, 6.45) is 3.11. The van der Waals surface area contributed by atoms with E-state index in [1.807, 2.05) is 11.8 Å². The molecule has 1 aliphatic rings. The van der Waals surface area contributed by atoms with Gasteiger partial charge in [0.2, 0.25) is 0 Å². The highest BCUT2D eigenvalue weighted by Crippen LogP contribution is 2.38. The van der Waals surface area contributed by atoms with Gasteiger partial charge >= 0.3 is 5.97 Å². The summed E-state index contributed by atoms with van der Waals surface area (Å²) >= 11 is 6.15. The molecule has 0 unspecified atom stereocenters. The molecule has 1 saturated carbocycles. The van der Waals surface area contributed by atoms with Crippen molar-refractivity contribution in [1.82, 2.24) is 0 Å². The maximum absolute atomic E-state index is 11.5. The van der Waals surface area contributed by atoms with Crippen LogP contribution in [0, 0.1) is 16.0 Å². The van der Waals surface area contributed by atoms with Gasteiger partial charge in [-0.25, -0.2) is 4.79 Å². The number of carboxylic acids is 1. The van der Waals surface area contributed by atoms with Crippen molar-refractivity contribution >= 4 is 28.9 Å². The predicted molar refractivity (Wildman–Crippen MR) is 80.3 cm³/mol. The van der Waals surface area contributed by atoms with Crippen molar-refractivity contribution in [2.75, 3.05) is 18.0 Å². The van der Waals surface area contributed by atoms with Crippen LogP contribution in [0.25, 0.3) is 0 Å². The van der Waals surface area contributed by atoms with Crippen LogP contribution >= 0.6 is 11.6 Å². The van der Waals surface area contributed by atoms with E-state index in [2.05, 4.69) is 0 Å². The van der Waals surface area contributed by atoms with Gasteiger partial charge in [-0.05, 0) is 25.2 Å². The Morgan fingerprint density at radius 3 is 2.67 bits per heavy atom. The molecule has 2 rings (SSSR count). The number of hydrogen-bond donors (Lipinski definition) is 1. The van der Waals surface area contributed by atoms with Crippen LogP contribution in [0.5, 0.6) is 0 Å². The molecule has 7 heteroatoms. The third-order valence-electron chi connectivity index (χ3n) is 3.47. The SMILES string of the molecule is CCCN(CC1CC1)c1c(Cl)cc([N+](=O)[O-])cc1C(=O)O. The second kappa shape index (κ2) is 6.30. The highest BCUT2D eigenvalue weighted by molar-refractivity contribution is 6.34. The van der Waals surface area contributed by atoms with Gasteiger partial charge in [-0.3, -0.25) is 10.1 Å². The molecule has 1 aromatic carbocycles. The Morgan fingerprint density at radius 2 is 2.19 bits per heavy atom. The lowest BCUT2D eigenvalue weighted by Gasteiger charge is -2.26. The minimum Gasteiger partial charge on any atom is -0.478 e. The first kappa shape index (κ1) is 15.6. The van der Waals surface area contributed by atoms with Crippen LogP contribution in [0.1, 0.15) is 36.5 Å². The van der Waals surface area contributed by atoms with Crippen LogP contribution in [-0.4, -0.2) is 29.1 Å². The Morgan fingerprint density at radius 1 is 1.52 bits per heavy atom. The van der Waals surface area contributed by atoms with E-state index in [0.717, 1.165) is 31.9 Å². The van der Waals surface area contributed by atoms with E-state index in [0.29, 0.717) is 18.2 Å². The van der Waals surface area contributed by atoms with Gasteiger partial charge in [0.1, 0.15) is 0 Å². The number of nitrogens with zero attached hydrogens (tertiary/aromatic N) is 2. The number of carboxylic acid groups (broad SMARTS) is 1. The molecule has 1 N–H and O–H groups in total. The summed E-state index contributed by atoms with van der Waals surface area (Å²) in [6, 6.07) is 2.30. The van der Waals surface area contributed by atoms with Crippen LogP contribution in [0.4, 0.5) is 11.4 Å². The quantitative estimate of drug-likeness (QED) is 0.614. The minimum atomic E-state index is -1.20. The highest BCUT2D eigenvalue weighted by Gasteiger charge is 2.29. The van der Waals surface area contributed by atoms with Crippen molar-refractivity contribution < 1.29 is 14.8 Å². The van der Waals surface area contributed by atoms with Gasteiger partial charge in [0.05, 0.1) is 21.2 Å². The molecular weight excluding hydrogens is 296 g/mol. The van der Waals surface area contributed by atoms with Gasteiger partial charge in [-0.1, -0.05) is 18.5 Å². The number of halogens is 1. The Balaban J connectivity index is 2.47. The predicted octanol–water partition coefficient (Wildman–Crippen LogP) is 3.57. The summed E-state index contributed by atoms with van der Waals surface area (Å²) in [5.74, 6) is -0.642. The molecular formula is C14H17ClN2O4. The molecule has 0 heterocycles. The summed E-state index contributed by atoms with van der Waals surface area (Å²) in [5, 5.41) is 20.3. The van der Waals surface area contributed by atoms with Gasteiger partial charge in [0, 0.05) is 25.2 Å². The summed E-state index contributed by atoms with van der Waals surface area (Å²) in [5.41, 5.74) is -0.0177.